The molecule has 0 radical (unpaired) electrons. The van der Waals surface area contributed by atoms with Crippen LogP contribution in [0, 0.1) is 5.82 Å². The Kier molecular flexibility index (Phi) is 3.35. The molecular weight excluding hydrogens is 191 g/mol. The molecule has 1 rings (SSSR count). The average Bonchev–Trinajstić information content (AvgIpc) is 2.17. The van der Waals surface area contributed by atoms with E-state index in [1.165, 1.54) is 6.07 Å². The van der Waals surface area contributed by atoms with E-state index in [-0.39, 0.29) is 11.2 Å². The minimum Gasteiger partial charge on any atom is -0.377 e. The molecule has 0 aliphatic carbocycles. The maximum atomic E-state index is 13.1. The van der Waals surface area contributed by atoms with Gasteiger partial charge in [0.1, 0.15) is 5.82 Å². The summed E-state index contributed by atoms with van der Waals surface area (Å²) in [6.07, 6.45) is 0. The van der Waals surface area contributed by atoms with Crippen LogP contribution in [0.4, 0.5) is 10.1 Å². The van der Waals surface area contributed by atoms with Gasteiger partial charge in [-0.05, 0) is 17.7 Å². The first-order chi connectivity index (χ1) is 6.88. The zero-order chi connectivity index (χ0) is 11.6. The fourth-order valence-corrected chi connectivity index (χ4v) is 1.56. The summed E-state index contributed by atoms with van der Waals surface area (Å²) >= 11 is 0. The Balaban J connectivity index is 3.29. The molecule has 84 valence electrons. The highest BCUT2D eigenvalue weighted by atomic mass is 19.1. The van der Waals surface area contributed by atoms with Gasteiger partial charge < -0.3 is 10.6 Å². The van der Waals surface area contributed by atoms with Gasteiger partial charge in [-0.15, -0.1) is 0 Å². The second-order valence-electron chi connectivity index (χ2n) is 4.64. The summed E-state index contributed by atoms with van der Waals surface area (Å²) in [6.45, 7) is 4.67. The van der Waals surface area contributed by atoms with Crippen molar-refractivity contribution in [2.75, 3.05) is 25.5 Å². The Hall–Kier alpha value is -1.09. The molecular formula is C12H19FN2. The summed E-state index contributed by atoms with van der Waals surface area (Å²) in [7, 11) is 3.82. The second-order valence-corrected chi connectivity index (χ2v) is 4.64. The van der Waals surface area contributed by atoms with Gasteiger partial charge in [-0.1, -0.05) is 19.9 Å². The lowest BCUT2D eigenvalue weighted by Crippen LogP contribution is -2.30. The topological polar surface area (TPSA) is 29.3 Å². The Morgan fingerprint density at radius 3 is 2.40 bits per heavy atom. The standard InChI is InChI=1S/C12H19FN2/c1-12(2,8-14)10-6-5-9(13)7-11(10)15(3)4/h5-7H,8,14H2,1-4H3. The van der Waals surface area contributed by atoms with Crippen molar-refractivity contribution in [1.82, 2.24) is 0 Å². The van der Waals surface area contributed by atoms with Gasteiger partial charge in [0.2, 0.25) is 0 Å². The van der Waals surface area contributed by atoms with Gasteiger partial charge in [0, 0.05) is 31.7 Å². The lowest BCUT2D eigenvalue weighted by atomic mass is 9.83. The van der Waals surface area contributed by atoms with Crippen molar-refractivity contribution in [2.24, 2.45) is 5.73 Å². The van der Waals surface area contributed by atoms with Gasteiger partial charge in [0.25, 0.3) is 0 Å². The van der Waals surface area contributed by atoms with Gasteiger partial charge >= 0.3 is 0 Å². The van der Waals surface area contributed by atoms with Crippen LogP contribution in [-0.4, -0.2) is 20.6 Å². The first-order valence-electron chi connectivity index (χ1n) is 5.06. The van der Waals surface area contributed by atoms with E-state index in [4.69, 9.17) is 5.73 Å². The van der Waals surface area contributed by atoms with Gasteiger partial charge in [0.05, 0.1) is 0 Å². The molecule has 0 spiro atoms. The van der Waals surface area contributed by atoms with Gasteiger partial charge in [0.15, 0.2) is 0 Å². The maximum Gasteiger partial charge on any atom is 0.125 e. The Morgan fingerprint density at radius 1 is 1.33 bits per heavy atom. The molecule has 0 saturated heterocycles. The van der Waals surface area contributed by atoms with Crippen LogP contribution in [0.2, 0.25) is 0 Å². The third-order valence-corrected chi connectivity index (χ3v) is 2.68. The van der Waals surface area contributed by atoms with Crippen molar-refractivity contribution < 1.29 is 4.39 Å². The number of hydrogen-bond donors (Lipinski definition) is 1. The Bertz CT molecular complexity index is 345. The minimum absolute atomic E-state index is 0.132. The summed E-state index contributed by atoms with van der Waals surface area (Å²) in [5, 5.41) is 0. The van der Waals surface area contributed by atoms with E-state index in [0.717, 1.165) is 11.3 Å². The number of anilines is 1. The van der Waals surface area contributed by atoms with Crippen molar-refractivity contribution in [3.63, 3.8) is 0 Å². The molecule has 15 heavy (non-hydrogen) atoms. The molecule has 0 amide bonds. The summed E-state index contributed by atoms with van der Waals surface area (Å²) in [5.74, 6) is -0.213. The summed E-state index contributed by atoms with van der Waals surface area (Å²) in [4.78, 5) is 1.91. The van der Waals surface area contributed by atoms with E-state index in [1.54, 1.807) is 6.07 Å². The van der Waals surface area contributed by atoms with Crippen LogP contribution in [0.15, 0.2) is 18.2 Å². The number of rotatable bonds is 3. The first-order valence-corrected chi connectivity index (χ1v) is 5.06. The zero-order valence-corrected chi connectivity index (χ0v) is 9.84. The highest BCUT2D eigenvalue weighted by Gasteiger charge is 2.22. The van der Waals surface area contributed by atoms with Crippen LogP contribution in [0.1, 0.15) is 19.4 Å². The van der Waals surface area contributed by atoms with Gasteiger partial charge in [-0.25, -0.2) is 4.39 Å². The molecule has 0 saturated carbocycles. The van der Waals surface area contributed by atoms with Crippen LogP contribution < -0.4 is 10.6 Å². The van der Waals surface area contributed by atoms with E-state index < -0.39 is 0 Å². The van der Waals surface area contributed by atoms with E-state index in [2.05, 4.69) is 13.8 Å². The van der Waals surface area contributed by atoms with E-state index in [9.17, 15) is 4.39 Å². The molecule has 0 aromatic heterocycles. The fraction of sp³-hybridized carbons (Fsp3) is 0.500. The molecule has 2 N–H and O–H groups in total. The number of nitrogens with zero attached hydrogens (tertiary/aromatic N) is 1. The van der Waals surface area contributed by atoms with Crippen molar-refractivity contribution in [3.8, 4) is 0 Å². The molecule has 1 aromatic carbocycles. The largest absolute Gasteiger partial charge is 0.377 e. The Labute approximate surface area is 90.9 Å². The van der Waals surface area contributed by atoms with Gasteiger partial charge in [-0.3, -0.25) is 0 Å². The van der Waals surface area contributed by atoms with Crippen LogP contribution in [0.3, 0.4) is 0 Å². The van der Waals surface area contributed by atoms with E-state index in [0.29, 0.717) is 6.54 Å². The monoisotopic (exact) mass is 210 g/mol. The molecule has 0 aliphatic heterocycles. The predicted octanol–water partition coefficient (Wildman–Crippen LogP) is 2.13. The minimum atomic E-state index is -0.213. The third-order valence-electron chi connectivity index (χ3n) is 2.68. The molecule has 0 bridgehead atoms. The maximum absolute atomic E-state index is 13.1. The molecule has 1 aromatic rings. The van der Waals surface area contributed by atoms with Crippen LogP contribution in [-0.2, 0) is 5.41 Å². The molecule has 0 heterocycles. The molecule has 0 unspecified atom stereocenters. The molecule has 3 heteroatoms. The highest BCUT2D eigenvalue weighted by Crippen LogP contribution is 2.31. The van der Waals surface area contributed by atoms with Crippen LogP contribution >= 0.6 is 0 Å². The summed E-state index contributed by atoms with van der Waals surface area (Å²) < 4.78 is 13.1. The highest BCUT2D eigenvalue weighted by molar-refractivity contribution is 5.56. The third kappa shape index (κ3) is 2.48. The SMILES string of the molecule is CN(C)c1cc(F)ccc1C(C)(C)CN. The summed E-state index contributed by atoms with van der Waals surface area (Å²) in [6, 6.07) is 4.85. The van der Waals surface area contributed by atoms with E-state index >= 15 is 0 Å². The zero-order valence-electron chi connectivity index (χ0n) is 9.84. The molecule has 2 nitrogen and oxygen atoms in total. The number of nitrogens with two attached hydrogens (primary N) is 1. The van der Waals surface area contributed by atoms with Crippen LogP contribution in [0.5, 0.6) is 0 Å². The van der Waals surface area contributed by atoms with Crippen molar-refractivity contribution in [1.29, 1.82) is 0 Å². The average molecular weight is 210 g/mol. The van der Waals surface area contributed by atoms with Crippen molar-refractivity contribution in [2.45, 2.75) is 19.3 Å². The van der Waals surface area contributed by atoms with Crippen molar-refractivity contribution >= 4 is 5.69 Å². The summed E-state index contributed by atoms with van der Waals surface area (Å²) in [5.41, 5.74) is 7.58. The predicted molar refractivity (Wildman–Crippen MR) is 62.8 cm³/mol. The molecule has 0 aliphatic rings. The van der Waals surface area contributed by atoms with E-state index in [1.807, 2.05) is 25.1 Å². The normalized spacial score (nSPS) is 11.6. The van der Waals surface area contributed by atoms with Crippen LogP contribution in [0.25, 0.3) is 0 Å². The second kappa shape index (κ2) is 4.19. The molecule has 0 atom stereocenters. The smallest absolute Gasteiger partial charge is 0.125 e. The van der Waals surface area contributed by atoms with Gasteiger partial charge in [-0.2, -0.15) is 0 Å². The molecule has 0 fully saturated rings. The lowest BCUT2D eigenvalue weighted by Gasteiger charge is -2.28. The first kappa shape index (κ1) is 12.0. The number of benzene rings is 1. The number of halogens is 1. The number of hydrogen-bond acceptors (Lipinski definition) is 2. The lowest BCUT2D eigenvalue weighted by molar-refractivity contribution is 0.536. The quantitative estimate of drug-likeness (QED) is 0.828. The van der Waals surface area contributed by atoms with Crippen molar-refractivity contribution in [3.05, 3.63) is 29.6 Å². The Morgan fingerprint density at radius 2 is 1.93 bits per heavy atom. The fourth-order valence-electron chi connectivity index (χ4n) is 1.56.